The Kier molecular flexibility index (Phi) is 15.1. The third-order valence-electron chi connectivity index (χ3n) is 3.65. The van der Waals surface area contributed by atoms with Crippen molar-refractivity contribution in [3.05, 3.63) is 0 Å². The molecule has 22 heavy (non-hydrogen) atoms. The lowest BCUT2D eigenvalue weighted by atomic mass is 10.2. The first-order valence-electron chi connectivity index (χ1n) is 9.38. The maximum absolute atomic E-state index is 6.15. The average molecular weight is 333 g/mol. The molecule has 0 aliphatic carbocycles. The van der Waals surface area contributed by atoms with Gasteiger partial charge >= 0.3 is 0 Å². The predicted molar refractivity (Wildman–Crippen MR) is 99.2 cm³/mol. The number of hydrogen-bond donors (Lipinski definition) is 0. The van der Waals surface area contributed by atoms with E-state index in [1.165, 1.54) is 38.5 Å². The van der Waals surface area contributed by atoms with Crippen molar-refractivity contribution in [1.82, 2.24) is 4.67 Å². The number of unbranched alkanes of at least 4 members (excludes halogenated alkanes) is 6. The van der Waals surface area contributed by atoms with Crippen molar-refractivity contribution in [3.8, 4) is 0 Å². The Morgan fingerprint density at radius 2 is 1.09 bits per heavy atom. The Morgan fingerprint density at radius 3 is 1.41 bits per heavy atom. The largest absolute Gasteiger partial charge is 0.322 e. The van der Waals surface area contributed by atoms with Gasteiger partial charge < -0.3 is 9.05 Å². The van der Waals surface area contributed by atoms with Gasteiger partial charge in [0.25, 0.3) is 8.53 Å². The number of hydrogen-bond acceptors (Lipinski definition) is 3. The molecule has 3 nitrogen and oxygen atoms in total. The summed E-state index contributed by atoms with van der Waals surface area (Å²) in [5.74, 6) is 0. The molecule has 0 rings (SSSR count). The molecule has 0 saturated heterocycles. The van der Waals surface area contributed by atoms with Crippen molar-refractivity contribution in [2.75, 3.05) is 13.2 Å². The average Bonchev–Trinajstić information content (AvgIpc) is 2.45. The minimum atomic E-state index is -0.911. The van der Waals surface area contributed by atoms with Gasteiger partial charge in [0.1, 0.15) is 0 Å². The molecule has 0 aromatic rings. The maximum atomic E-state index is 6.15. The van der Waals surface area contributed by atoms with Gasteiger partial charge in [0.05, 0.1) is 13.2 Å². The van der Waals surface area contributed by atoms with Gasteiger partial charge in [0.15, 0.2) is 0 Å². The normalized spacial score (nSPS) is 12.3. The highest BCUT2D eigenvalue weighted by Crippen LogP contribution is 2.46. The first-order chi connectivity index (χ1) is 10.5. The molecule has 0 heterocycles. The summed E-state index contributed by atoms with van der Waals surface area (Å²) >= 11 is 0. The molecular weight excluding hydrogens is 293 g/mol. The monoisotopic (exact) mass is 333 g/mol. The second-order valence-electron chi connectivity index (χ2n) is 6.59. The first kappa shape index (κ1) is 22.3. The molecule has 0 aliphatic rings. The van der Waals surface area contributed by atoms with E-state index in [1.807, 2.05) is 0 Å². The smallest absolute Gasteiger partial charge is 0.259 e. The molecule has 0 aromatic carbocycles. The molecule has 0 bridgehead atoms. The summed E-state index contributed by atoms with van der Waals surface area (Å²) in [7, 11) is -0.911. The third-order valence-corrected chi connectivity index (χ3v) is 5.75. The van der Waals surface area contributed by atoms with Crippen LogP contribution in [0.3, 0.4) is 0 Å². The van der Waals surface area contributed by atoms with Gasteiger partial charge in [-0.1, -0.05) is 52.4 Å². The quantitative estimate of drug-likeness (QED) is 0.251. The van der Waals surface area contributed by atoms with Crippen molar-refractivity contribution in [1.29, 1.82) is 0 Å². The van der Waals surface area contributed by atoms with E-state index in [4.69, 9.17) is 9.05 Å². The highest BCUT2D eigenvalue weighted by molar-refractivity contribution is 7.44. The van der Waals surface area contributed by atoms with Crippen LogP contribution in [0.25, 0.3) is 0 Å². The molecule has 0 spiro atoms. The lowest BCUT2D eigenvalue weighted by molar-refractivity contribution is 0.170. The summed E-state index contributed by atoms with van der Waals surface area (Å²) in [6.07, 6.45) is 9.97. The van der Waals surface area contributed by atoms with Crippen LogP contribution < -0.4 is 0 Å². The fourth-order valence-electron chi connectivity index (χ4n) is 2.49. The summed E-state index contributed by atoms with van der Waals surface area (Å²) in [5.41, 5.74) is 0. The van der Waals surface area contributed by atoms with Crippen LogP contribution in [0.5, 0.6) is 0 Å². The van der Waals surface area contributed by atoms with Crippen LogP contribution in [0.1, 0.15) is 92.9 Å². The van der Waals surface area contributed by atoms with E-state index in [2.05, 4.69) is 46.2 Å². The van der Waals surface area contributed by atoms with Gasteiger partial charge in [-0.15, -0.1) is 0 Å². The van der Waals surface area contributed by atoms with Gasteiger partial charge in [-0.3, -0.25) is 0 Å². The van der Waals surface area contributed by atoms with Crippen molar-refractivity contribution in [3.63, 3.8) is 0 Å². The van der Waals surface area contributed by atoms with Crippen LogP contribution in [0.2, 0.25) is 0 Å². The van der Waals surface area contributed by atoms with E-state index in [0.29, 0.717) is 12.1 Å². The lowest BCUT2D eigenvalue weighted by Crippen LogP contribution is -2.33. The molecule has 0 saturated carbocycles. The SMILES string of the molecule is CCCCCCOP(OCCCCCC)N(C(C)C)C(C)C. The van der Waals surface area contributed by atoms with Gasteiger partial charge in [-0.25, -0.2) is 4.67 Å². The van der Waals surface area contributed by atoms with Crippen molar-refractivity contribution in [2.45, 2.75) is 105 Å². The van der Waals surface area contributed by atoms with Crippen molar-refractivity contribution >= 4 is 8.53 Å². The minimum Gasteiger partial charge on any atom is -0.322 e. The van der Waals surface area contributed by atoms with Crippen LogP contribution in [-0.2, 0) is 9.05 Å². The molecule has 4 heteroatoms. The van der Waals surface area contributed by atoms with Gasteiger partial charge in [-0.2, -0.15) is 0 Å². The zero-order valence-corrected chi connectivity index (χ0v) is 16.8. The Bertz CT molecular complexity index is 215. The van der Waals surface area contributed by atoms with Crippen LogP contribution in [-0.4, -0.2) is 30.0 Å². The second-order valence-corrected chi connectivity index (χ2v) is 8.05. The van der Waals surface area contributed by atoms with E-state index in [1.54, 1.807) is 0 Å². The Hall–Kier alpha value is 0.310. The third kappa shape index (κ3) is 10.9. The second kappa shape index (κ2) is 14.9. The molecule has 0 aromatic heterocycles. The van der Waals surface area contributed by atoms with Crippen LogP contribution in [0.4, 0.5) is 0 Å². The van der Waals surface area contributed by atoms with Crippen molar-refractivity contribution in [2.24, 2.45) is 0 Å². The molecule has 134 valence electrons. The number of rotatable bonds is 15. The van der Waals surface area contributed by atoms with E-state index in [0.717, 1.165) is 26.1 Å². The summed E-state index contributed by atoms with van der Waals surface area (Å²) in [6.45, 7) is 15.1. The van der Waals surface area contributed by atoms with Crippen LogP contribution in [0, 0.1) is 0 Å². The molecule has 0 fully saturated rings. The molecule has 0 unspecified atom stereocenters. The van der Waals surface area contributed by atoms with Crippen molar-refractivity contribution < 1.29 is 9.05 Å². The van der Waals surface area contributed by atoms with Gasteiger partial charge in [0, 0.05) is 12.1 Å². The topological polar surface area (TPSA) is 21.7 Å². The Labute approximate surface area is 141 Å². The summed E-state index contributed by atoms with van der Waals surface area (Å²) < 4.78 is 14.7. The first-order valence-corrected chi connectivity index (χ1v) is 10.5. The van der Waals surface area contributed by atoms with Crippen LogP contribution >= 0.6 is 8.53 Å². The highest BCUT2D eigenvalue weighted by Gasteiger charge is 2.26. The fraction of sp³-hybridized carbons (Fsp3) is 1.00. The fourth-order valence-corrected chi connectivity index (χ4v) is 4.15. The van der Waals surface area contributed by atoms with Crippen LogP contribution in [0.15, 0.2) is 0 Å². The van der Waals surface area contributed by atoms with E-state index >= 15 is 0 Å². The minimum absolute atomic E-state index is 0.456. The standard InChI is InChI=1S/C18H40NO2P/c1-7-9-11-13-15-20-22(19(17(3)4)18(5)6)21-16-14-12-10-8-2/h17-18H,7-16H2,1-6H3. The molecule has 0 amide bonds. The maximum Gasteiger partial charge on any atom is 0.259 e. The van der Waals surface area contributed by atoms with E-state index in [9.17, 15) is 0 Å². The molecular formula is C18H40NO2P. The molecule has 0 atom stereocenters. The zero-order valence-electron chi connectivity index (χ0n) is 15.9. The zero-order chi connectivity index (χ0) is 16.8. The Morgan fingerprint density at radius 1 is 0.682 bits per heavy atom. The summed E-state index contributed by atoms with van der Waals surface area (Å²) in [5, 5.41) is 0. The van der Waals surface area contributed by atoms with Gasteiger partial charge in [-0.05, 0) is 40.5 Å². The predicted octanol–water partition coefficient (Wildman–Crippen LogP) is 6.53. The Balaban J connectivity index is 4.28. The molecule has 0 N–H and O–H groups in total. The highest BCUT2D eigenvalue weighted by atomic mass is 31.2. The number of nitrogens with zero attached hydrogens (tertiary/aromatic N) is 1. The summed E-state index contributed by atoms with van der Waals surface area (Å²) in [6, 6.07) is 0.912. The summed E-state index contributed by atoms with van der Waals surface area (Å²) in [4.78, 5) is 0. The van der Waals surface area contributed by atoms with E-state index in [-0.39, 0.29) is 0 Å². The molecule has 0 aliphatic heterocycles. The molecule has 0 radical (unpaired) electrons. The van der Waals surface area contributed by atoms with Gasteiger partial charge in [0.2, 0.25) is 0 Å². The lowest BCUT2D eigenvalue weighted by Gasteiger charge is -2.35. The van der Waals surface area contributed by atoms with E-state index < -0.39 is 8.53 Å².